The number of fused-ring (bicyclic) bond motifs is 2. The first-order chi connectivity index (χ1) is 11.1. The first-order valence-electron chi connectivity index (χ1n) is 6.57. The third kappa shape index (κ3) is 2.69. The van der Waals surface area contributed by atoms with E-state index in [2.05, 4.69) is 10.3 Å². The molecule has 3 aromatic rings. The molecule has 23 heavy (non-hydrogen) atoms. The molecule has 1 aromatic heterocycles. The van der Waals surface area contributed by atoms with E-state index >= 15 is 0 Å². The molecule has 0 saturated carbocycles. The van der Waals surface area contributed by atoms with Crippen LogP contribution in [0.25, 0.3) is 10.2 Å². The van der Waals surface area contributed by atoms with Gasteiger partial charge in [0.2, 0.25) is 6.79 Å². The number of benzene rings is 2. The predicted molar refractivity (Wildman–Crippen MR) is 90.2 cm³/mol. The Balaban J connectivity index is 1.63. The minimum atomic E-state index is -0.342. The molecule has 0 radical (unpaired) electrons. The molecule has 4 rings (SSSR count). The Morgan fingerprint density at radius 1 is 1.17 bits per heavy atom. The molecule has 8 heteroatoms. The van der Waals surface area contributed by atoms with Gasteiger partial charge in [-0.1, -0.05) is 34.5 Å². The van der Waals surface area contributed by atoms with E-state index in [0.29, 0.717) is 27.2 Å². The zero-order valence-electron chi connectivity index (χ0n) is 11.4. The van der Waals surface area contributed by atoms with Crippen molar-refractivity contribution in [2.24, 2.45) is 0 Å². The van der Waals surface area contributed by atoms with Crippen LogP contribution in [0.1, 0.15) is 10.4 Å². The van der Waals surface area contributed by atoms with Gasteiger partial charge in [-0.15, -0.1) is 0 Å². The van der Waals surface area contributed by atoms with E-state index in [1.165, 1.54) is 17.4 Å². The maximum absolute atomic E-state index is 12.3. The maximum Gasteiger partial charge on any atom is 0.258 e. The van der Waals surface area contributed by atoms with Crippen LogP contribution in [0.2, 0.25) is 10.0 Å². The average Bonchev–Trinajstić information content (AvgIpc) is 3.09. The Labute approximate surface area is 144 Å². The average molecular weight is 367 g/mol. The standard InChI is InChI=1S/C15H8Cl2N2O3S/c16-7-1-2-8(9(17)3-7)14(20)19-15-18-10-4-11-12(22-6-21-11)5-13(10)23-15/h1-5H,6H2,(H,18,19,20). The second-order valence-corrected chi connectivity index (χ2v) is 6.64. The zero-order chi connectivity index (χ0) is 16.0. The number of ether oxygens (including phenoxy) is 2. The van der Waals surface area contributed by atoms with Crippen molar-refractivity contribution >= 4 is 55.8 Å². The molecule has 0 saturated heterocycles. The van der Waals surface area contributed by atoms with E-state index in [1.54, 1.807) is 18.2 Å². The van der Waals surface area contributed by atoms with Crippen molar-refractivity contribution in [1.82, 2.24) is 4.98 Å². The normalized spacial score (nSPS) is 12.6. The summed E-state index contributed by atoms with van der Waals surface area (Å²) in [5.41, 5.74) is 1.07. The number of aromatic nitrogens is 1. The SMILES string of the molecule is O=C(Nc1nc2cc3c(cc2s1)OCO3)c1ccc(Cl)cc1Cl. The van der Waals surface area contributed by atoms with Crippen LogP contribution in [0.4, 0.5) is 5.13 Å². The van der Waals surface area contributed by atoms with E-state index in [-0.39, 0.29) is 17.7 Å². The Kier molecular flexibility index (Phi) is 3.52. The highest BCUT2D eigenvalue weighted by atomic mass is 35.5. The molecule has 1 aliphatic heterocycles. The van der Waals surface area contributed by atoms with E-state index in [4.69, 9.17) is 32.7 Å². The molecular weight excluding hydrogens is 359 g/mol. The van der Waals surface area contributed by atoms with Gasteiger partial charge >= 0.3 is 0 Å². The number of thiazole rings is 1. The Morgan fingerprint density at radius 3 is 2.74 bits per heavy atom. The van der Waals surface area contributed by atoms with Crippen LogP contribution >= 0.6 is 34.5 Å². The molecule has 0 unspecified atom stereocenters. The van der Waals surface area contributed by atoms with Gasteiger partial charge in [0, 0.05) is 17.2 Å². The van der Waals surface area contributed by atoms with Crippen LogP contribution in [0.15, 0.2) is 30.3 Å². The minimum Gasteiger partial charge on any atom is -0.454 e. The fourth-order valence-corrected chi connectivity index (χ4v) is 3.58. The molecule has 1 amide bonds. The van der Waals surface area contributed by atoms with Crippen molar-refractivity contribution in [3.8, 4) is 11.5 Å². The number of hydrogen-bond donors (Lipinski definition) is 1. The van der Waals surface area contributed by atoms with Crippen LogP contribution in [-0.4, -0.2) is 17.7 Å². The largest absolute Gasteiger partial charge is 0.454 e. The Bertz CT molecular complexity index is 901. The van der Waals surface area contributed by atoms with Gasteiger partial charge in [0.05, 0.1) is 20.8 Å². The van der Waals surface area contributed by atoms with Crippen molar-refractivity contribution < 1.29 is 14.3 Å². The molecule has 0 spiro atoms. The number of carbonyl (C=O) groups is 1. The first-order valence-corrected chi connectivity index (χ1v) is 8.14. The fraction of sp³-hybridized carbons (Fsp3) is 0.0667. The topological polar surface area (TPSA) is 60.5 Å². The lowest BCUT2D eigenvalue weighted by Crippen LogP contribution is -2.12. The van der Waals surface area contributed by atoms with E-state index in [9.17, 15) is 4.79 Å². The van der Waals surface area contributed by atoms with Crippen LogP contribution in [-0.2, 0) is 0 Å². The van der Waals surface area contributed by atoms with Crippen LogP contribution in [0.5, 0.6) is 11.5 Å². The van der Waals surface area contributed by atoms with Gasteiger partial charge in [0.1, 0.15) is 0 Å². The van der Waals surface area contributed by atoms with Crippen molar-refractivity contribution in [3.05, 3.63) is 45.9 Å². The third-order valence-corrected chi connectivity index (χ3v) is 4.76. The molecule has 1 N–H and O–H groups in total. The maximum atomic E-state index is 12.3. The van der Waals surface area contributed by atoms with Gasteiger partial charge in [0.15, 0.2) is 16.6 Å². The number of anilines is 1. The summed E-state index contributed by atoms with van der Waals surface area (Å²) in [7, 11) is 0. The third-order valence-electron chi connectivity index (χ3n) is 3.28. The molecule has 1 aliphatic rings. The van der Waals surface area contributed by atoms with Crippen molar-refractivity contribution in [3.63, 3.8) is 0 Å². The summed E-state index contributed by atoms with van der Waals surface area (Å²) in [6.07, 6.45) is 0. The summed E-state index contributed by atoms with van der Waals surface area (Å²) >= 11 is 13.2. The van der Waals surface area contributed by atoms with Crippen LogP contribution < -0.4 is 14.8 Å². The highest BCUT2D eigenvalue weighted by molar-refractivity contribution is 7.22. The summed E-state index contributed by atoms with van der Waals surface area (Å²) in [5.74, 6) is 0.993. The van der Waals surface area contributed by atoms with E-state index in [1.807, 2.05) is 6.07 Å². The number of nitrogens with zero attached hydrogens (tertiary/aromatic N) is 1. The molecule has 0 atom stereocenters. The second-order valence-electron chi connectivity index (χ2n) is 4.77. The molecule has 5 nitrogen and oxygen atoms in total. The lowest BCUT2D eigenvalue weighted by atomic mass is 10.2. The molecule has 116 valence electrons. The van der Waals surface area contributed by atoms with Crippen LogP contribution in [0.3, 0.4) is 0 Å². The Hall–Kier alpha value is -2.02. The molecular formula is C15H8Cl2N2O3S. The first kappa shape index (κ1) is 14.6. The molecule has 0 bridgehead atoms. The van der Waals surface area contributed by atoms with Crippen LogP contribution in [0, 0.1) is 0 Å². The van der Waals surface area contributed by atoms with Crippen molar-refractivity contribution in [2.45, 2.75) is 0 Å². The van der Waals surface area contributed by atoms with Gasteiger partial charge in [-0.3, -0.25) is 10.1 Å². The number of amides is 1. The number of halogens is 2. The predicted octanol–water partition coefficient (Wildman–Crippen LogP) is 4.58. The molecule has 2 aromatic carbocycles. The number of hydrogen-bond acceptors (Lipinski definition) is 5. The summed E-state index contributed by atoms with van der Waals surface area (Å²) in [6.45, 7) is 0.214. The Morgan fingerprint density at radius 2 is 1.96 bits per heavy atom. The van der Waals surface area contributed by atoms with Gasteiger partial charge in [-0.05, 0) is 18.2 Å². The molecule has 0 fully saturated rings. The van der Waals surface area contributed by atoms with E-state index in [0.717, 1.165) is 10.2 Å². The minimum absolute atomic E-state index is 0.214. The zero-order valence-corrected chi connectivity index (χ0v) is 13.8. The summed E-state index contributed by atoms with van der Waals surface area (Å²) in [4.78, 5) is 16.7. The smallest absolute Gasteiger partial charge is 0.258 e. The second kappa shape index (κ2) is 5.56. The van der Waals surface area contributed by atoms with Crippen molar-refractivity contribution in [1.29, 1.82) is 0 Å². The number of nitrogens with one attached hydrogen (secondary N) is 1. The number of carbonyl (C=O) groups excluding carboxylic acids is 1. The lowest BCUT2D eigenvalue weighted by Gasteiger charge is -2.04. The fourth-order valence-electron chi connectivity index (χ4n) is 2.21. The lowest BCUT2D eigenvalue weighted by molar-refractivity contribution is 0.102. The summed E-state index contributed by atoms with van der Waals surface area (Å²) < 4.78 is 11.5. The summed E-state index contributed by atoms with van der Waals surface area (Å²) in [6, 6.07) is 8.35. The van der Waals surface area contributed by atoms with E-state index < -0.39 is 0 Å². The van der Waals surface area contributed by atoms with Gasteiger partial charge in [-0.25, -0.2) is 4.98 Å². The highest BCUT2D eigenvalue weighted by Gasteiger charge is 2.18. The molecule has 2 heterocycles. The van der Waals surface area contributed by atoms with Gasteiger partial charge in [0.25, 0.3) is 5.91 Å². The van der Waals surface area contributed by atoms with Gasteiger partial charge < -0.3 is 9.47 Å². The summed E-state index contributed by atoms with van der Waals surface area (Å²) in [5, 5.41) is 3.98. The molecule has 0 aliphatic carbocycles. The monoisotopic (exact) mass is 366 g/mol. The van der Waals surface area contributed by atoms with Crippen molar-refractivity contribution in [2.75, 3.05) is 12.1 Å². The highest BCUT2D eigenvalue weighted by Crippen LogP contribution is 2.39. The van der Waals surface area contributed by atoms with Gasteiger partial charge in [-0.2, -0.15) is 0 Å². The quantitative estimate of drug-likeness (QED) is 0.720. The number of rotatable bonds is 2.